The molecular formula is C14H18FN. The number of rotatable bonds is 2. The SMILES string of the molecule is Cc1ccc(F)cc1C1(C2CC2)CCCN1. The summed E-state index contributed by atoms with van der Waals surface area (Å²) in [4.78, 5) is 0. The van der Waals surface area contributed by atoms with Crippen molar-refractivity contribution in [2.24, 2.45) is 5.92 Å². The van der Waals surface area contributed by atoms with E-state index in [9.17, 15) is 4.39 Å². The van der Waals surface area contributed by atoms with E-state index < -0.39 is 0 Å². The Balaban J connectivity index is 2.08. The van der Waals surface area contributed by atoms with Crippen molar-refractivity contribution < 1.29 is 4.39 Å². The van der Waals surface area contributed by atoms with Crippen LogP contribution in [0.4, 0.5) is 4.39 Å². The number of hydrogen-bond acceptors (Lipinski definition) is 1. The molecule has 1 aliphatic heterocycles. The highest BCUT2D eigenvalue weighted by Crippen LogP contribution is 2.51. The molecule has 16 heavy (non-hydrogen) atoms. The van der Waals surface area contributed by atoms with Gasteiger partial charge in [-0.25, -0.2) is 4.39 Å². The Labute approximate surface area is 96.1 Å². The van der Waals surface area contributed by atoms with Crippen LogP contribution < -0.4 is 5.32 Å². The van der Waals surface area contributed by atoms with Gasteiger partial charge in [-0.05, 0) is 68.3 Å². The van der Waals surface area contributed by atoms with E-state index in [4.69, 9.17) is 0 Å². The van der Waals surface area contributed by atoms with Gasteiger partial charge in [0, 0.05) is 5.54 Å². The zero-order valence-electron chi connectivity index (χ0n) is 9.72. The van der Waals surface area contributed by atoms with Crippen molar-refractivity contribution in [3.63, 3.8) is 0 Å². The number of halogens is 1. The maximum atomic E-state index is 13.4. The fraction of sp³-hybridized carbons (Fsp3) is 0.571. The molecule has 0 radical (unpaired) electrons. The second kappa shape index (κ2) is 3.56. The molecule has 1 aliphatic carbocycles. The van der Waals surface area contributed by atoms with Crippen molar-refractivity contribution in [3.8, 4) is 0 Å². The van der Waals surface area contributed by atoms with Gasteiger partial charge in [0.15, 0.2) is 0 Å². The summed E-state index contributed by atoms with van der Waals surface area (Å²) >= 11 is 0. The Kier molecular flexibility index (Phi) is 2.28. The van der Waals surface area contributed by atoms with Gasteiger partial charge in [-0.2, -0.15) is 0 Å². The van der Waals surface area contributed by atoms with Gasteiger partial charge in [0.1, 0.15) is 5.82 Å². The van der Waals surface area contributed by atoms with E-state index in [0.29, 0.717) is 0 Å². The van der Waals surface area contributed by atoms with Crippen LogP contribution in [-0.4, -0.2) is 6.54 Å². The summed E-state index contributed by atoms with van der Waals surface area (Å²) in [6.45, 7) is 3.17. The third-order valence-electron chi connectivity index (χ3n) is 4.14. The maximum absolute atomic E-state index is 13.4. The molecule has 0 amide bonds. The summed E-state index contributed by atoms with van der Waals surface area (Å²) in [6.07, 6.45) is 4.97. The number of nitrogens with one attached hydrogen (secondary N) is 1. The van der Waals surface area contributed by atoms with Gasteiger partial charge in [0.05, 0.1) is 0 Å². The topological polar surface area (TPSA) is 12.0 Å². The molecule has 1 unspecified atom stereocenters. The Bertz CT molecular complexity index is 403. The maximum Gasteiger partial charge on any atom is 0.123 e. The molecular weight excluding hydrogens is 201 g/mol. The third-order valence-corrected chi connectivity index (χ3v) is 4.14. The van der Waals surface area contributed by atoms with Crippen molar-refractivity contribution in [2.75, 3.05) is 6.54 Å². The highest BCUT2D eigenvalue weighted by molar-refractivity contribution is 5.36. The van der Waals surface area contributed by atoms with E-state index in [-0.39, 0.29) is 11.4 Å². The average Bonchev–Trinajstić information content (AvgIpc) is 3.02. The van der Waals surface area contributed by atoms with Crippen LogP contribution in [-0.2, 0) is 5.54 Å². The second-order valence-electron chi connectivity index (χ2n) is 5.24. The summed E-state index contributed by atoms with van der Waals surface area (Å²) in [5.41, 5.74) is 2.52. The van der Waals surface area contributed by atoms with Crippen LogP contribution in [0.1, 0.15) is 36.8 Å². The van der Waals surface area contributed by atoms with Crippen molar-refractivity contribution in [2.45, 2.75) is 38.1 Å². The Hall–Kier alpha value is -0.890. The van der Waals surface area contributed by atoms with Crippen LogP contribution in [0.5, 0.6) is 0 Å². The first-order valence-electron chi connectivity index (χ1n) is 6.24. The van der Waals surface area contributed by atoms with E-state index in [1.807, 2.05) is 6.07 Å². The predicted molar refractivity (Wildman–Crippen MR) is 62.8 cm³/mol. The lowest BCUT2D eigenvalue weighted by Gasteiger charge is -2.32. The zero-order valence-corrected chi connectivity index (χ0v) is 9.72. The van der Waals surface area contributed by atoms with Crippen molar-refractivity contribution >= 4 is 0 Å². The standard InChI is InChI=1S/C14H18FN/c1-10-3-6-12(15)9-13(10)14(11-4-5-11)7-2-8-16-14/h3,6,9,11,16H,2,4-5,7-8H2,1H3. The minimum Gasteiger partial charge on any atom is -0.307 e. The lowest BCUT2D eigenvalue weighted by atomic mass is 9.81. The molecule has 1 heterocycles. The highest BCUT2D eigenvalue weighted by Gasteiger charge is 2.48. The lowest BCUT2D eigenvalue weighted by molar-refractivity contribution is 0.333. The summed E-state index contributed by atoms with van der Waals surface area (Å²) in [6, 6.07) is 5.22. The summed E-state index contributed by atoms with van der Waals surface area (Å²) in [5.74, 6) is 0.629. The van der Waals surface area contributed by atoms with Crippen molar-refractivity contribution in [1.29, 1.82) is 0 Å². The van der Waals surface area contributed by atoms with E-state index in [2.05, 4.69) is 12.2 Å². The van der Waals surface area contributed by atoms with Crippen LogP contribution in [0.3, 0.4) is 0 Å². The Morgan fingerprint density at radius 2 is 2.19 bits per heavy atom. The van der Waals surface area contributed by atoms with Gasteiger partial charge in [-0.3, -0.25) is 0 Å². The van der Waals surface area contributed by atoms with Gasteiger partial charge in [-0.1, -0.05) is 6.07 Å². The molecule has 0 spiro atoms. The fourth-order valence-corrected chi connectivity index (χ4v) is 3.22. The molecule has 1 aromatic carbocycles. The molecule has 1 N–H and O–H groups in total. The zero-order chi connectivity index (χ0) is 11.2. The Morgan fingerprint density at radius 1 is 1.38 bits per heavy atom. The summed E-state index contributed by atoms with van der Waals surface area (Å²) in [5, 5.41) is 3.65. The Morgan fingerprint density at radius 3 is 2.81 bits per heavy atom. The first-order chi connectivity index (χ1) is 7.72. The van der Waals surface area contributed by atoms with Crippen LogP contribution in [0.25, 0.3) is 0 Å². The van der Waals surface area contributed by atoms with Crippen LogP contribution in [0.2, 0.25) is 0 Å². The summed E-state index contributed by atoms with van der Waals surface area (Å²) in [7, 11) is 0. The minimum atomic E-state index is -0.102. The monoisotopic (exact) mass is 219 g/mol. The van der Waals surface area contributed by atoms with Gasteiger partial charge >= 0.3 is 0 Å². The van der Waals surface area contributed by atoms with Crippen LogP contribution >= 0.6 is 0 Å². The summed E-state index contributed by atoms with van der Waals surface area (Å²) < 4.78 is 13.4. The predicted octanol–water partition coefficient (Wildman–Crippen LogP) is 3.12. The van der Waals surface area contributed by atoms with Gasteiger partial charge in [0.2, 0.25) is 0 Å². The molecule has 1 atom stereocenters. The van der Waals surface area contributed by atoms with Gasteiger partial charge < -0.3 is 5.32 Å². The van der Waals surface area contributed by atoms with Gasteiger partial charge in [-0.15, -0.1) is 0 Å². The molecule has 2 aliphatic rings. The number of aryl methyl sites for hydroxylation is 1. The first-order valence-corrected chi connectivity index (χ1v) is 6.24. The highest BCUT2D eigenvalue weighted by atomic mass is 19.1. The van der Waals surface area contributed by atoms with E-state index in [0.717, 1.165) is 12.5 Å². The third kappa shape index (κ3) is 1.47. The van der Waals surface area contributed by atoms with Crippen LogP contribution in [0.15, 0.2) is 18.2 Å². The average molecular weight is 219 g/mol. The molecule has 3 rings (SSSR count). The molecule has 1 saturated heterocycles. The van der Waals surface area contributed by atoms with E-state index >= 15 is 0 Å². The second-order valence-corrected chi connectivity index (χ2v) is 5.24. The number of benzene rings is 1. The molecule has 0 bridgehead atoms. The molecule has 86 valence electrons. The molecule has 2 heteroatoms. The molecule has 0 aromatic heterocycles. The normalized spacial score (nSPS) is 29.6. The lowest BCUT2D eigenvalue weighted by Crippen LogP contribution is -2.39. The van der Waals surface area contributed by atoms with E-state index in [1.165, 1.54) is 36.8 Å². The number of hydrogen-bond donors (Lipinski definition) is 1. The first kappa shape index (κ1) is 10.3. The van der Waals surface area contributed by atoms with Gasteiger partial charge in [0.25, 0.3) is 0 Å². The molecule has 1 aromatic rings. The fourth-order valence-electron chi connectivity index (χ4n) is 3.22. The largest absolute Gasteiger partial charge is 0.307 e. The van der Waals surface area contributed by atoms with E-state index in [1.54, 1.807) is 12.1 Å². The quantitative estimate of drug-likeness (QED) is 0.805. The van der Waals surface area contributed by atoms with Crippen molar-refractivity contribution in [1.82, 2.24) is 5.32 Å². The molecule has 1 saturated carbocycles. The smallest absolute Gasteiger partial charge is 0.123 e. The van der Waals surface area contributed by atoms with Crippen LogP contribution in [0, 0.1) is 18.7 Å². The minimum absolute atomic E-state index is 0.0895. The van der Waals surface area contributed by atoms with Crippen molar-refractivity contribution in [3.05, 3.63) is 35.1 Å². The molecule has 2 fully saturated rings. The molecule has 1 nitrogen and oxygen atoms in total.